The second kappa shape index (κ2) is 6.54. The number of carbonyl (C=O) groups is 1. The maximum atomic E-state index is 11.9. The number of benzene rings is 1. The van der Waals surface area contributed by atoms with E-state index in [1.54, 1.807) is 24.5 Å². The van der Waals surface area contributed by atoms with E-state index in [1.165, 1.54) is 6.20 Å². The Balaban J connectivity index is 1.82. The van der Waals surface area contributed by atoms with Gasteiger partial charge in [-0.25, -0.2) is 5.43 Å². The second-order valence-corrected chi connectivity index (χ2v) is 4.83. The molecule has 3 aromatic rings. The van der Waals surface area contributed by atoms with Crippen LogP contribution in [0, 0.1) is 11.3 Å². The number of para-hydroxylation sites is 1. The molecule has 2 aromatic heterocycles. The molecule has 0 aliphatic carbocycles. The molecule has 1 aromatic carbocycles. The Morgan fingerprint density at radius 3 is 3.00 bits per heavy atom. The molecular weight excluding hydrogens is 290 g/mol. The summed E-state index contributed by atoms with van der Waals surface area (Å²) in [5.41, 5.74) is 4.70. The quantitative estimate of drug-likeness (QED) is 0.593. The minimum atomic E-state index is -0.324. The summed E-state index contributed by atoms with van der Waals surface area (Å²) in [4.78, 5) is 15.8. The summed E-state index contributed by atoms with van der Waals surface area (Å²) in [6.07, 6.45) is 6.49. The molecule has 6 heteroatoms. The monoisotopic (exact) mass is 303 g/mol. The number of fused-ring (bicyclic) bond motifs is 1. The number of carbonyl (C=O) groups excluding carboxylic acids is 1. The SMILES string of the molecule is N#CCn1cc(C=NNC(=O)c2cccnc2)c2ccccc21. The van der Waals surface area contributed by atoms with E-state index in [4.69, 9.17) is 5.26 Å². The molecule has 23 heavy (non-hydrogen) atoms. The number of amides is 1. The van der Waals surface area contributed by atoms with Crippen LogP contribution in [0.15, 0.2) is 60.1 Å². The van der Waals surface area contributed by atoms with Gasteiger partial charge in [-0.3, -0.25) is 9.78 Å². The minimum absolute atomic E-state index is 0.260. The molecule has 0 bridgehead atoms. The lowest BCUT2D eigenvalue weighted by Crippen LogP contribution is -2.17. The van der Waals surface area contributed by atoms with Crippen LogP contribution in [0.5, 0.6) is 0 Å². The van der Waals surface area contributed by atoms with Gasteiger partial charge in [0.25, 0.3) is 5.91 Å². The Morgan fingerprint density at radius 2 is 2.22 bits per heavy atom. The standard InChI is InChI=1S/C17H13N5O/c18-7-9-22-12-14(15-5-1-2-6-16(15)22)11-20-21-17(23)13-4-3-8-19-10-13/h1-6,8,10-12H,9H2,(H,21,23). The van der Waals surface area contributed by atoms with Crippen LogP contribution in [-0.4, -0.2) is 21.7 Å². The highest BCUT2D eigenvalue weighted by Crippen LogP contribution is 2.19. The molecular formula is C17H13N5O. The van der Waals surface area contributed by atoms with Crippen LogP contribution in [0.25, 0.3) is 10.9 Å². The first-order chi connectivity index (χ1) is 11.3. The van der Waals surface area contributed by atoms with Gasteiger partial charge < -0.3 is 4.57 Å². The number of nitrogens with one attached hydrogen (secondary N) is 1. The van der Waals surface area contributed by atoms with Gasteiger partial charge in [0.15, 0.2) is 0 Å². The topological polar surface area (TPSA) is 83.1 Å². The lowest BCUT2D eigenvalue weighted by molar-refractivity contribution is 0.0955. The Bertz CT molecular complexity index is 906. The third kappa shape index (κ3) is 3.09. The summed E-state index contributed by atoms with van der Waals surface area (Å²) in [6, 6.07) is 13.2. The summed E-state index contributed by atoms with van der Waals surface area (Å²) < 4.78 is 1.85. The van der Waals surface area contributed by atoms with Gasteiger partial charge in [-0.1, -0.05) is 18.2 Å². The molecule has 0 atom stereocenters. The number of rotatable bonds is 4. The van der Waals surface area contributed by atoms with Crippen molar-refractivity contribution in [3.63, 3.8) is 0 Å². The fourth-order valence-electron chi connectivity index (χ4n) is 2.31. The zero-order valence-corrected chi connectivity index (χ0v) is 12.2. The van der Waals surface area contributed by atoms with E-state index in [-0.39, 0.29) is 12.5 Å². The van der Waals surface area contributed by atoms with Crippen molar-refractivity contribution >= 4 is 23.0 Å². The second-order valence-electron chi connectivity index (χ2n) is 4.83. The highest BCUT2D eigenvalue weighted by molar-refractivity contribution is 6.00. The van der Waals surface area contributed by atoms with Crippen LogP contribution in [0.2, 0.25) is 0 Å². The number of aromatic nitrogens is 2. The maximum absolute atomic E-state index is 11.9. The van der Waals surface area contributed by atoms with Gasteiger partial charge in [0.2, 0.25) is 0 Å². The number of nitriles is 1. The van der Waals surface area contributed by atoms with Gasteiger partial charge in [-0.15, -0.1) is 0 Å². The van der Waals surface area contributed by atoms with Crippen molar-refractivity contribution in [1.29, 1.82) is 5.26 Å². The lowest BCUT2D eigenvalue weighted by atomic mass is 10.2. The molecule has 0 saturated heterocycles. The maximum Gasteiger partial charge on any atom is 0.272 e. The van der Waals surface area contributed by atoms with Crippen molar-refractivity contribution in [3.8, 4) is 6.07 Å². The predicted molar refractivity (Wildman–Crippen MR) is 86.8 cm³/mol. The number of hydrogen-bond donors (Lipinski definition) is 1. The van der Waals surface area contributed by atoms with Crippen LogP contribution < -0.4 is 5.43 Å². The van der Waals surface area contributed by atoms with Gasteiger partial charge in [0, 0.05) is 35.1 Å². The summed E-state index contributed by atoms with van der Waals surface area (Å²) in [7, 11) is 0. The van der Waals surface area contributed by atoms with E-state index >= 15 is 0 Å². The fourth-order valence-corrected chi connectivity index (χ4v) is 2.31. The molecule has 0 fully saturated rings. The molecule has 2 heterocycles. The average Bonchev–Trinajstić information content (AvgIpc) is 2.94. The number of pyridine rings is 1. The number of hydrogen-bond acceptors (Lipinski definition) is 4. The zero-order valence-electron chi connectivity index (χ0n) is 12.2. The molecule has 3 rings (SSSR count). The molecule has 0 aliphatic rings. The average molecular weight is 303 g/mol. The number of nitrogens with zero attached hydrogens (tertiary/aromatic N) is 4. The van der Waals surface area contributed by atoms with Crippen molar-refractivity contribution in [2.75, 3.05) is 0 Å². The Kier molecular flexibility index (Phi) is 4.11. The van der Waals surface area contributed by atoms with Gasteiger partial charge in [-0.2, -0.15) is 10.4 Å². The third-order valence-electron chi connectivity index (χ3n) is 3.35. The first kappa shape index (κ1) is 14.5. The normalized spacial score (nSPS) is 10.7. The van der Waals surface area contributed by atoms with E-state index in [2.05, 4.69) is 21.6 Å². The molecule has 1 N–H and O–H groups in total. The molecule has 0 saturated carbocycles. The largest absolute Gasteiger partial charge is 0.333 e. The summed E-state index contributed by atoms with van der Waals surface area (Å²) in [5, 5.41) is 13.9. The van der Waals surface area contributed by atoms with E-state index < -0.39 is 0 Å². The highest BCUT2D eigenvalue weighted by Gasteiger charge is 2.06. The van der Waals surface area contributed by atoms with Crippen molar-refractivity contribution in [1.82, 2.24) is 15.0 Å². The van der Waals surface area contributed by atoms with Crippen LogP contribution in [0.1, 0.15) is 15.9 Å². The van der Waals surface area contributed by atoms with E-state index in [0.29, 0.717) is 5.56 Å². The number of hydrazone groups is 1. The first-order valence-electron chi connectivity index (χ1n) is 6.98. The van der Waals surface area contributed by atoms with Gasteiger partial charge >= 0.3 is 0 Å². The summed E-state index contributed by atoms with van der Waals surface area (Å²) >= 11 is 0. The molecule has 0 aliphatic heterocycles. The molecule has 0 radical (unpaired) electrons. The van der Waals surface area contributed by atoms with Crippen molar-refractivity contribution in [2.24, 2.45) is 5.10 Å². The van der Waals surface area contributed by atoms with Gasteiger partial charge in [0.1, 0.15) is 6.54 Å². The van der Waals surface area contributed by atoms with Gasteiger partial charge in [-0.05, 0) is 18.2 Å². The fraction of sp³-hybridized carbons (Fsp3) is 0.0588. The Morgan fingerprint density at radius 1 is 1.35 bits per heavy atom. The third-order valence-corrected chi connectivity index (χ3v) is 3.35. The summed E-state index contributed by atoms with van der Waals surface area (Å²) in [6.45, 7) is 0.260. The Labute approximate surface area is 132 Å². The van der Waals surface area contributed by atoms with E-state index in [9.17, 15) is 4.79 Å². The highest BCUT2D eigenvalue weighted by atomic mass is 16.2. The first-order valence-corrected chi connectivity index (χ1v) is 6.98. The minimum Gasteiger partial charge on any atom is -0.333 e. The smallest absolute Gasteiger partial charge is 0.272 e. The van der Waals surface area contributed by atoms with Crippen LogP contribution >= 0.6 is 0 Å². The van der Waals surface area contributed by atoms with Crippen LogP contribution in [0.3, 0.4) is 0 Å². The Hall–Kier alpha value is -3.46. The van der Waals surface area contributed by atoms with Crippen molar-refractivity contribution in [2.45, 2.75) is 6.54 Å². The summed E-state index contributed by atoms with van der Waals surface area (Å²) in [5.74, 6) is -0.324. The zero-order chi connectivity index (χ0) is 16.1. The molecule has 0 spiro atoms. The van der Waals surface area contributed by atoms with Crippen molar-refractivity contribution < 1.29 is 4.79 Å². The molecule has 1 amide bonds. The van der Waals surface area contributed by atoms with Crippen LogP contribution in [0.4, 0.5) is 0 Å². The molecule has 0 unspecified atom stereocenters. The van der Waals surface area contributed by atoms with Crippen LogP contribution in [-0.2, 0) is 6.54 Å². The lowest BCUT2D eigenvalue weighted by Gasteiger charge is -1.97. The van der Waals surface area contributed by atoms with Crippen molar-refractivity contribution in [3.05, 3.63) is 66.1 Å². The molecule has 6 nitrogen and oxygen atoms in total. The molecule has 112 valence electrons. The van der Waals surface area contributed by atoms with E-state index in [1.807, 2.05) is 35.0 Å². The van der Waals surface area contributed by atoms with E-state index in [0.717, 1.165) is 16.5 Å². The van der Waals surface area contributed by atoms with Gasteiger partial charge in [0.05, 0.1) is 17.8 Å². The predicted octanol–water partition coefficient (Wildman–Crippen LogP) is 2.32.